The first-order valence-electron chi connectivity index (χ1n) is 7.70. The van der Waals surface area contributed by atoms with Crippen molar-refractivity contribution in [2.45, 2.75) is 64.6 Å². The van der Waals surface area contributed by atoms with Gasteiger partial charge in [-0.25, -0.2) is 4.79 Å². The lowest BCUT2D eigenvalue weighted by Crippen LogP contribution is -2.41. The molecule has 0 aliphatic carbocycles. The van der Waals surface area contributed by atoms with Crippen LogP contribution in [0.5, 0.6) is 0 Å². The van der Waals surface area contributed by atoms with Crippen molar-refractivity contribution >= 4 is 6.09 Å². The van der Waals surface area contributed by atoms with Crippen LogP contribution in [0.25, 0.3) is 0 Å². The fraction of sp³-hybridized carbons (Fsp3) is 0.933. The molecule has 0 heterocycles. The van der Waals surface area contributed by atoms with Gasteiger partial charge in [0, 0.05) is 19.2 Å². The fourth-order valence-corrected chi connectivity index (χ4v) is 1.89. The quantitative estimate of drug-likeness (QED) is 0.571. The minimum absolute atomic E-state index is 0.0602. The predicted molar refractivity (Wildman–Crippen MR) is 85.4 cm³/mol. The second kappa shape index (κ2) is 10.8. The van der Waals surface area contributed by atoms with Gasteiger partial charge in [-0.3, -0.25) is 0 Å². The Bertz CT molecular complexity index is 280. The first-order chi connectivity index (χ1) is 9.78. The van der Waals surface area contributed by atoms with Crippen LogP contribution in [-0.4, -0.2) is 50.6 Å². The summed E-state index contributed by atoms with van der Waals surface area (Å²) in [5, 5.41) is 6.27. The van der Waals surface area contributed by atoms with E-state index in [2.05, 4.69) is 10.6 Å². The molecule has 6 nitrogen and oxygen atoms in total. The highest BCUT2D eigenvalue weighted by Gasteiger charge is 2.17. The van der Waals surface area contributed by atoms with Crippen molar-refractivity contribution < 1.29 is 14.3 Å². The third-order valence-electron chi connectivity index (χ3n) is 2.90. The summed E-state index contributed by atoms with van der Waals surface area (Å²) in [7, 11) is 1.70. The van der Waals surface area contributed by atoms with Crippen LogP contribution in [0, 0.1) is 0 Å². The summed E-state index contributed by atoms with van der Waals surface area (Å²) < 4.78 is 10.4. The Morgan fingerprint density at radius 2 is 1.95 bits per heavy atom. The number of alkyl carbamates (subject to hydrolysis) is 1. The first kappa shape index (κ1) is 20.1. The second-order valence-electron chi connectivity index (χ2n) is 6.37. The number of rotatable bonds is 10. The average molecular weight is 303 g/mol. The minimum atomic E-state index is -0.464. The molecule has 0 saturated heterocycles. The molecule has 2 unspecified atom stereocenters. The van der Waals surface area contributed by atoms with Gasteiger partial charge in [-0.1, -0.05) is 0 Å². The number of nitrogens with two attached hydrogens (primary N) is 1. The maximum absolute atomic E-state index is 11.6. The number of ether oxygens (including phenoxy) is 2. The zero-order valence-electron chi connectivity index (χ0n) is 14.2. The van der Waals surface area contributed by atoms with Crippen molar-refractivity contribution in [3.63, 3.8) is 0 Å². The number of carbonyl (C=O) groups excluding carboxylic acids is 1. The van der Waals surface area contributed by atoms with E-state index in [0.29, 0.717) is 19.2 Å². The van der Waals surface area contributed by atoms with Crippen LogP contribution in [0.15, 0.2) is 0 Å². The van der Waals surface area contributed by atoms with Crippen molar-refractivity contribution in [3.8, 4) is 0 Å². The van der Waals surface area contributed by atoms with Crippen molar-refractivity contribution in [2.75, 3.05) is 26.8 Å². The number of carbonyl (C=O) groups is 1. The van der Waals surface area contributed by atoms with Gasteiger partial charge in [0.15, 0.2) is 0 Å². The SMILES string of the molecule is COCC(CCCN)NCCC(C)NC(=O)OC(C)(C)C. The molecular formula is C15H33N3O3. The molecule has 4 N–H and O–H groups in total. The molecule has 0 fully saturated rings. The Morgan fingerprint density at radius 3 is 2.48 bits per heavy atom. The lowest BCUT2D eigenvalue weighted by atomic mass is 10.1. The number of hydrogen-bond acceptors (Lipinski definition) is 5. The van der Waals surface area contributed by atoms with Crippen molar-refractivity contribution in [1.82, 2.24) is 10.6 Å². The van der Waals surface area contributed by atoms with Crippen LogP contribution >= 0.6 is 0 Å². The maximum Gasteiger partial charge on any atom is 0.407 e. The van der Waals surface area contributed by atoms with E-state index in [1.807, 2.05) is 27.7 Å². The van der Waals surface area contributed by atoms with E-state index in [9.17, 15) is 4.79 Å². The summed E-state index contributed by atoms with van der Waals surface area (Å²) in [6, 6.07) is 0.373. The van der Waals surface area contributed by atoms with Crippen LogP contribution in [0.3, 0.4) is 0 Å². The topological polar surface area (TPSA) is 85.6 Å². The highest BCUT2D eigenvalue weighted by atomic mass is 16.6. The zero-order valence-corrected chi connectivity index (χ0v) is 14.2. The van der Waals surface area contributed by atoms with Gasteiger partial charge in [-0.05, 0) is 60.0 Å². The molecule has 0 aromatic rings. The van der Waals surface area contributed by atoms with Gasteiger partial charge in [-0.15, -0.1) is 0 Å². The van der Waals surface area contributed by atoms with Crippen LogP contribution in [-0.2, 0) is 9.47 Å². The summed E-state index contributed by atoms with van der Waals surface area (Å²) in [6.07, 6.45) is 2.44. The van der Waals surface area contributed by atoms with E-state index in [0.717, 1.165) is 25.8 Å². The zero-order chi connectivity index (χ0) is 16.3. The standard InChI is InChI=1S/C15H33N3O3/c1-12(18-14(19)21-15(2,3)4)8-10-17-13(11-20-5)7-6-9-16/h12-13,17H,6-11,16H2,1-5H3,(H,18,19). The lowest BCUT2D eigenvalue weighted by Gasteiger charge is -2.23. The summed E-state index contributed by atoms with van der Waals surface area (Å²) >= 11 is 0. The summed E-state index contributed by atoms with van der Waals surface area (Å²) in [5.41, 5.74) is 5.06. The highest BCUT2D eigenvalue weighted by Crippen LogP contribution is 2.07. The molecule has 2 atom stereocenters. The molecule has 0 aliphatic rings. The van der Waals surface area contributed by atoms with E-state index >= 15 is 0 Å². The second-order valence-corrected chi connectivity index (χ2v) is 6.37. The van der Waals surface area contributed by atoms with E-state index in [1.165, 1.54) is 0 Å². The molecule has 0 saturated carbocycles. The molecule has 0 spiro atoms. The van der Waals surface area contributed by atoms with Crippen LogP contribution in [0.2, 0.25) is 0 Å². The van der Waals surface area contributed by atoms with Crippen LogP contribution in [0.4, 0.5) is 4.79 Å². The van der Waals surface area contributed by atoms with Crippen LogP contribution in [0.1, 0.15) is 47.0 Å². The summed E-state index contributed by atoms with van der Waals surface area (Å²) in [6.45, 7) is 9.71. The molecule has 0 rings (SSSR count). The molecule has 126 valence electrons. The third-order valence-corrected chi connectivity index (χ3v) is 2.90. The molecule has 0 radical (unpaired) electrons. The Hall–Kier alpha value is -0.850. The largest absolute Gasteiger partial charge is 0.444 e. The van der Waals surface area contributed by atoms with E-state index in [1.54, 1.807) is 7.11 Å². The molecule has 6 heteroatoms. The van der Waals surface area contributed by atoms with Crippen molar-refractivity contribution in [1.29, 1.82) is 0 Å². The van der Waals surface area contributed by atoms with Crippen molar-refractivity contribution in [2.24, 2.45) is 5.73 Å². The molecule has 0 aromatic carbocycles. The van der Waals surface area contributed by atoms with Gasteiger partial charge in [0.2, 0.25) is 0 Å². The maximum atomic E-state index is 11.6. The summed E-state index contributed by atoms with van der Waals surface area (Å²) in [5.74, 6) is 0. The molecule has 21 heavy (non-hydrogen) atoms. The van der Waals surface area contributed by atoms with Gasteiger partial charge in [0.25, 0.3) is 0 Å². The number of hydrogen-bond donors (Lipinski definition) is 3. The molecule has 0 aliphatic heterocycles. The Labute approximate surface area is 129 Å². The first-order valence-corrected chi connectivity index (χ1v) is 7.70. The Morgan fingerprint density at radius 1 is 1.29 bits per heavy atom. The van der Waals surface area contributed by atoms with Gasteiger partial charge in [0.05, 0.1) is 6.61 Å². The highest BCUT2D eigenvalue weighted by molar-refractivity contribution is 5.67. The third kappa shape index (κ3) is 12.6. The van der Waals surface area contributed by atoms with Crippen LogP contribution < -0.4 is 16.4 Å². The number of amides is 1. The Kier molecular flexibility index (Phi) is 10.4. The summed E-state index contributed by atoms with van der Waals surface area (Å²) in [4.78, 5) is 11.6. The normalized spacial score (nSPS) is 14.6. The van der Waals surface area contributed by atoms with Gasteiger partial charge < -0.3 is 25.8 Å². The van der Waals surface area contributed by atoms with Crippen molar-refractivity contribution in [3.05, 3.63) is 0 Å². The molecule has 0 aromatic heterocycles. The lowest BCUT2D eigenvalue weighted by molar-refractivity contribution is 0.0506. The smallest absolute Gasteiger partial charge is 0.407 e. The number of nitrogens with one attached hydrogen (secondary N) is 2. The average Bonchev–Trinajstić information content (AvgIpc) is 2.33. The molecule has 1 amide bonds. The monoisotopic (exact) mass is 303 g/mol. The van der Waals surface area contributed by atoms with E-state index in [4.69, 9.17) is 15.2 Å². The number of methoxy groups -OCH3 is 1. The fourth-order valence-electron chi connectivity index (χ4n) is 1.89. The minimum Gasteiger partial charge on any atom is -0.444 e. The van der Waals surface area contributed by atoms with E-state index in [-0.39, 0.29) is 12.1 Å². The van der Waals surface area contributed by atoms with Gasteiger partial charge in [0.1, 0.15) is 5.60 Å². The predicted octanol–water partition coefficient (Wildman–Crippen LogP) is 1.63. The molecule has 0 bridgehead atoms. The van der Waals surface area contributed by atoms with Gasteiger partial charge in [-0.2, -0.15) is 0 Å². The van der Waals surface area contributed by atoms with Gasteiger partial charge >= 0.3 is 6.09 Å². The Balaban J connectivity index is 3.89. The van der Waals surface area contributed by atoms with E-state index < -0.39 is 5.60 Å². The molecular weight excluding hydrogens is 270 g/mol.